The zero-order valence-corrected chi connectivity index (χ0v) is 52.5. The van der Waals surface area contributed by atoms with E-state index in [2.05, 4.69) is 19.2 Å². The fourth-order valence-electron chi connectivity index (χ4n) is 11.4. The first kappa shape index (κ1) is 75.6. The zero-order chi connectivity index (χ0) is 55.7. The van der Waals surface area contributed by atoms with Crippen LogP contribution >= 0.6 is 0 Å². The molecule has 0 rings (SSSR count). The number of rotatable bonds is 67. The first-order chi connectivity index (χ1) is 38.0. The SMILES string of the molecule is CCCCCCCCCCCCCCCCCCCCCCCC/C=C/C(O)C(CO)NC(=O)CCCCCCCCCCCCCCCCCCCOC(=O)CCCCCCCCCCCCCCCCCCCCC. The second-order valence-electron chi connectivity index (χ2n) is 24.6. The molecule has 0 saturated carbocycles. The number of unbranched alkanes of at least 4 members (excludes halogenated alkanes) is 56. The lowest BCUT2D eigenvalue weighted by Crippen LogP contribution is -2.45. The van der Waals surface area contributed by atoms with Gasteiger partial charge in [-0.25, -0.2) is 0 Å². The van der Waals surface area contributed by atoms with E-state index in [4.69, 9.17) is 4.74 Å². The summed E-state index contributed by atoms with van der Waals surface area (Å²) in [6.07, 6.45) is 82.8. The number of hydrogen-bond donors (Lipinski definition) is 3. The summed E-state index contributed by atoms with van der Waals surface area (Å²) in [5.74, 6) is -0.0573. The number of aliphatic hydroxyl groups excluding tert-OH is 2. The van der Waals surface area contributed by atoms with Crippen molar-refractivity contribution in [3.05, 3.63) is 12.2 Å². The third-order valence-electron chi connectivity index (χ3n) is 16.8. The van der Waals surface area contributed by atoms with Crippen LogP contribution in [0.3, 0.4) is 0 Å². The molecule has 1 amide bonds. The number of amides is 1. The van der Waals surface area contributed by atoms with Gasteiger partial charge < -0.3 is 20.3 Å². The molecule has 2 unspecified atom stereocenters. The Labute approximate surface area is 482 Å². The van der Waals surface area contributed by atoms with E-state index in [1.54, 1.807) is 6.08 Å². The summed E-state index contributed by atoms with van der Waals surface area (Å²) >= 11 is 0. The van der Waals surface area contributed by atoms with Crippen LogP contribution in [0.5, 0.6) is 0 Å². The third-order valence-corrected chi connectivity index (χ3v) is 16.8. The standard InChI is InChI=1S/C71H139NO5/c1-3-5-7-9-11-13-15-17-19-21-23-24-25-26-27-29-31-35-39-43-47-51-55-59-63-69(74)68(67-73)72-70(75)64-60-56-52-48-44-40-36-32-30-34-38-42-46-50-54-58-62-66-77-71(76)65-61-57-53-49-45-41-37-33-28-22-20-18-16-14-12-10-8-6-4-2/h59,63,68-69,73-74H,3-58,60-62,64-67H2,1-2H3,(H,72,75)/b63-59+. The van der Waals surface area contributed by atoms with Crippen molar-refractivity contribution in [3.63, 3.8) is 0 Å². The Kier molecular flexibility index (Phi) is 65.9. The van der Waals surface area contributed by atoms with Crippen molar-refractivity contribution >= 4 is 11.9 Å². The molecule has 6 heteroatoms. The molecule has 0 heterocycles. The highest BCUT2D eigenvalue weighted by Crippen LogP contribution is 2.19. The second-order valence-corrected chi connectivity index (χ2v) is 24.6. The van der Waals surface area contributed by atoms with Gasteiger partial charge in [-0.3, -0.25) is 9.59 Å². The van der Waals surface area contributed by atoms with Crippen LogP contribution in [0.25, 0.3) is 0 Å². The summed E-state index contributed by atoms with van der Waals surface area (Å²) in [5, 5.41) is 23.3. The largest absolute Gasteiger partial charge is 0.466 e. The van der Waals surface area contributed by atoms with Crippen LogP contribution in [0.15, 0.2) is 12.2 Å². The van der Waals surface area contributed by atoms with Crippen LogP contribution in [0.1, 0.15) is 406 Å². The molecule has 2 atom stereocenters. The van der Waals surface area contributed by atoms with Gasteiger partial charge in [0.25, 0.3) is 0 Å². The lowest BCUT2D eigenvalue weighted by Gasteiger charge is -2.20. The molecule has 0 aromatic carbocycles. The highest BCUT2D eigenvalue weighted by atomic mass is 16.5. The smallest absolute Gasteiger partial charge is 0.305 e. The minimum absolute atomic E-state index is 0.0107. The molecule has 0 radical (unpaired) electrons. The number of allylic oxidation sites excluding steroid dienone is 1. The number of esters is 1. The summed E-state index contributed by atoms with van der Waals surface area (Å²) in [6, 6.07) is -0.633. The molecule has 0 aromatic heterocycles. The van der Waals surface area contributed by atoms with Crippen LogP contribution in [0, 0.1) is 0 Å². The van der Waals surface area contributed by atoms with Crippen molar-refractivity contribution in [2.24, 2.45) is 0 Å². The van der Waals surface area contributed by atoms with Gasteiger partial charge in [0.05, 0.1) is 25.4 Å². The molecule has 77 heavy (non-hydrogen) atoms. The maximum Gasteiger partial charge on any atom is 0.305 e. The maximum atomic E-state index is 12.5. The predicted molar refractivity (Wildman–Crippen MR) is 338 cm³/mol. The Morgan fingerprint density at radius 1 is 0.351 bits per heavy atom. The van der Waals surface area contributed by atoms with Crippen molar-refractivity contribution in [1.29, 1.82) is 0 Å². The van der Waals surface area contributed by atoms with Crippen molar-refractivity contribution in [2.75, 3.05) is 13.2 Å². The molecule has 0 aliphatic carbocycles. The molecule has 0 saturated heterocycles. The Bertz CT molecular complexity index is 1160. The maximum absolute atomic E-state index is 12.5. The summed E-state index contributed by atoms with van der Waals surface area (Å²) in [6.45, 7) is 4.94. The van der Waals surface area contributed by atoms with E-state index in [9.17, 15) is 19.8 Å². The highest BCUT2D eigenvalue weighted by Gasteiger charge is 2.18. The number of carbonyl (C=O) groups excluding carboxylic acids is 2. The topological polar surface area (TPSA) is 95.9 Å². The molecule has 0 bridgehead atoms. The van der Waals surface area contributed by atoms with Crippen molar-refractivity contribution < 1.29 is 24.5 Å². The van der Waals surface area contributed by atoms with Gasteiger partial charge in [-0.2, -0.15) is 0 Å². The zero-order valence-electron chi connectivity index (χ0n) is 52.5. The van der Waals surface area contributed by atoms with Gasteiger partial charge in [0, 0.05) is 12.8 Å². The van der Waals surface area contributed by atoms with Crippen LogP contribution in [-0.4, -0.2) is 47.4 Å². The lowest BCUT2D eigenvalue weighted by atomic mass is 10.0. The first-order valence-corrected chi connectivity index (χ1v) is 35.5. The molecule has 0 spiro atoms. The molecule has 3 N–H and O–H groups in total. The van der Waals surface area contributed by atoms with E-state index in [-0.39, 0.29) is 18.5 Å². The fraction of sp³-hybridized carbons (Fsp3) is 0.944. The number of nitrogens with one attached hydrogen (secondary N) is 1. The van der Waals surface area contributed by atoms with Crippen molar-refractivity contribution in [2.45, 2.75) is 418 Å². The van der Waals surface area contributed by atoms with Crippen LogP contribution in [0.2, 0.25) is 0 Å². The quantitative estimate of drug-likeness (QED) is 0.0320. The first-order valence-electron chi connectivity index (χ1n) is 35.5. The summed E-state index contributed by atoms with van der Waals surface area (Å²) in [7, 11) is 0. The second kappa shape index (κ2) is 67.1. The lowest BCUT2D eigenvalue weighted by molar-refractivity contribution is -0.143. The van der Waals surface area contributed by atoms with E-state index in [1.165, 1.54) is 340 Å². The highest BCUT2D eigenvalue weighted by molar-refractivity contribution is 5.76. The van der Waals surface area contributed by atoms with Crippen molar-refractivity contribution in [1.82, 2.24) is 5.32 Å². The Balaban J connectivity index is 3.41. The molecule has 6 nitrogen and oxygen atoms in total. The average molecular weight is 1090 g/mol. The van der Waals surface area contributed by atoms with E-state index < -0.39 is 12.1 Å². The van der Waals surface area contributed by atoms with Gasteiger partial charge >= 0.3 is 5.97 Å². The fourth-order valence-corrected chi connectivity index (χ4v) is 11.4. The number of aliphatic hydroxyl groups is 2. The van der Waals surface area contributed by atoms with Gasteiger partial charge in [-0.1, -0.05) is 373 Å². The minimum Gasteiger partial charge on any atom is -0.466 e. The normalized spacial score (nSPS) is 12.5. The van der Waals surface area contributed by atoms with Crippen LogP contribution in [0.4, 0.5) is 0 Å². The van der Waals surface area contributed by atoms with E-state index in [0.717, 1.165) is 38.5 Å². The molecule has 0 aliphatic rings. The average Bonchev–Trinajstić information content (AvgIpc) is 3.43. The molecule has 0 aliphatic heterocycles. The monoisotopic (exact) mass is 1090 g/mol. The molecule has 0 fully saturated rings. The van der Waals surface area contributed by atoms with Crippen LogP contribution < -0.4 is 5.32 Å². The molecule has 0 aromatic rings. The Hall–Kier alpha value is -1.40. The van der Waals surface area contributed by atoms with Gasteiger partial charge in [0.15, 0.2) is 0 Å². The van der Waals surface area contributed by atoms with Gasteiger partial charge in [0.2, 0.25) is 5.91 Å². The number of carbonyl (C=O) groups is 2. The molecular formula is C71H139NO5. The third kappa shape index (κ3) is 63.6. The van der Waals surface area contributed by atoms with Crippen molar-refractivity contribution in [3.8, 4) is 0 Å². The van der Waals surface area contributed by atoms with Gasteiger partial charge in [0.1, 0.15) is 0 Å². The molecular weight excluding hydrogens is 947 g/mol. The number of hydrogen-bond acceptors (Lipinski definition) is 5. The minimum atomic E-state index is -0.849. The van der Waals surface area contributed by atoms with E-state index in [0.29, 0.717) is 19.4 Å². The predicted octanol–water partition coefficient (Wildman–Crippen LogP) is 22.8. The number of ether oxygens (including phenoxy) is 1. The summed E-state index contributed by atoms with van der Waals surface area (Å²) in [4.78, 5) is 24.7. The van der Waals surface area contributed by atoms with Gasteiger partial charge in [-0.05, 0) is 32.1 Å². The Morgan fingerprint density at radius 3 is 0.883 bits per heavy atom. The van der Waals surface area contributed by atoms with Gasteiger partial charge in [-0.15, -0.1) is 0 Å². The van der Waals surface area contributed by atoms with E-state index in [1.807, 2.05) is 6.08 Å². The summed E-state index contributed by atoms with van der Waals surface area (Å²) < 4.78 is 5.51. The van der Waals surface area contributed by atoms with Crippen LogP contribution in [-0.2, 0) is 14.3 Å². The van der Waals surface area contributed by atoms with E-state index >= 15 is 0 Å². The summed E-state index contributed by atoms with van der Waals surface area (Å²) in [5.41, 5.74) is 0. The molecule has 458 valence electrons. The Morgan fingerprint density at radius 2 is 0.597 bits per heavy atom.